The molecule has 1 unspecified atom stereocenters. The van der Waals surface area contributed by atoms with E-state index in [0.717, 1.165) is 37.1 Å². The Balaban J connectivity index is 0.00000261. The van der Waals surface area contributed by atoms with Crippen LogP contribution in [-0.2, 0) is 23.0 Å². The van der Waals surface area contributed by atoms with Crippen molar-refractivity contribution in [3.05, 3.63) is 65.2 Å². The molecule has 2 aromatic rings. The summed E-state index contributed by atoms with van der Waals surface area (Å²) in [4.78, 5) is 12.7. The molecule has 0 saturated carbocycles. The molecule has 3 rings (SSSR count). The number of rotatable bonds is 6. The zero-order valence-electron chi connectivity index (χ0n) is 14.9. The number of primary sulfonamides is 1. The number of halogens is 1. The molecule has 1 aliphatic heterocycles. The van der Waals surface area contributed by atoms with E-state index in [4.69, 9.17) is 5.14 Å². The number of amides is 1. The van der Waals surface area contributed by atoms with Gasteiger partial charge in [0.15, 0.2) is 0 Å². The van der Waals surface area contributed by atoms with E-state index in [9.17, 15) is 13.2 Å². The van der Waals surface area contributed by atoms with Crippen LogP contribution in [0.4, 0.5) is 0 Å². The zero-order chi connectivity index (χ0) is 18.6. The van der Waals surface area contributed by atoms with Gasteiger partial charge in [-0.3, -0.25) is 4.79 Å². The van der Waals surface area contributed by atoms with Crippen molar-refractivity contribution in [3.63, 3.8) is 0 Å². The summed E-state index contributed by atoms with van der Waals surface area (Å²) in [6, 6.07) is 13.9. The molecule has 0 radical (unpaired) electrons. The minimum absolute atomic E-state index is 0. The van der Waals surface area contributed by atoms with E-state index in [-0.39, 0.29) is 23.2 Å². The maximum Gasteiger partial charge on any atom is 0.251 e. The highest BCUT2D eigenvalue weighted by molar-refractivity contribution is 7.89. The summed E-state index contributed by atoms with van der Waals surface area (Å²) in [5.74, 6) is 0.441. The van der Waals surface area contributed by atoms with Crippen molar-refractivity contribution in [2.75, 3.05) is 13.1 Å². The minimum Gasteiger partial charge on any atom is -0.348 e. The smallest absolute Gasteiger partial charge is 0.251 e. The molecule has 0 spiro atoms. The summed E-state index contributed by atoms with van der Waals surface area (Å²) in [5.41, 5.74) is 2.56. The standard InChI is InChI=1S/C19H23N3O3S.ClH/c20-26(24,25)17-7-5-14(6-8-17)13-22-19(23)18-4-2-1-3-16(18)11-15-9-10-21-12-15;/h1-8,15,21H,9-13H2,(H,22,23)(H2,20,24,25);1H. The van der Waals surface area contributed by atoms with Gasteiger partial charge < -0.3 is 10.6 Å². The van der Waals surface area contributed by atoms with Crippen LogP contribution in [0.2, 0.25) is 0 Å². The lowest BCUT2D eigenvalue weighted by atomic mass is 9.94. The lowest BCUT2D eigenvalue weighted by molar-refractivity contribution is 0.0949. The topological polar surface area (TPSA) is 101 Å². The van der Waals surface area contributed by atoms with Gasteiger partial charge in [-0.2, -0.15) is 0 Å². The molecular formula is C19H24ClN3O3S. The van der Waals surface area contributed by atoms with Crippen molar-refractivity contribution in [1.82, 2.24) is 10.6 Å². The summed E-state index contributed by atoms with van der Waals surface area (Å²) in [7, 11) is -3.70. The number of nitrogens with two attached hydrogens (primary N) is 1. The van der Waals surface area contributed by atoms with Gasteiger partial charge in [-0.25, -0.2) is 13.6 Å². The SMILES string of the molecule is Cl.NS(=O)(=O)c1ccc(CNC(=O)c2ccccc2CC2CCNC2)cc1. The molecule has 1 amide bonds. The highest BCUT2D eigenvalue weighted by atomic mass is 35.5. The number of hydrogen-bond acceptors (Lipinski definition) is 4. The molecule has 4 N–H and O–H groups in total. The van der Waals surface area contributed by atoms with Crippen LogP contribution in [0.5, 0.6) is 0 Å². The summed E-state index contributed by atoms with van der Waals surface area (Å²) in [5, 5.41) is 11.3. The zero-order valence-corrected chi connectivity index (χ0v) is 16.5. The Hall–Kier alpha value is -1.93. The molecule has 1 atom stereocenters. The summed E-state index contributed by atoms with van der Waals surface area (Å²) < 4.78 is 22.6. The third-order valence-corrected chi connectivity index (χ3v) is 5.57. The van der Waals surface area contributed by atoms with Crippen LogP contribution in [0.3, 0.4) is 0 Å². The Morgan fingerprint density at radius 3 is 2.48 bits per heavy atom. The third kappa shape index (κ3) is 5.77. The number of sulfonamides is 1. The fraction of sp³-hybridized carbons (Fsp3) is 0.316. The van der Waals surface area contributed by atoms with E-state index >= 15 is 0 Å². The average molecular weight is 410 g/mol. The van der Waals surface area contributed by atoms with Crippen LogP contribution in [0.15, 0.2) is 53.4 Å². The molecule has 0 bridgehead atoms. The van der Waals surface area contributed by atoms with Gasteiger partial charge in [0.2, 0.25) is 10.0 Å². The van der Waals surface area contributed by atoms with Gasteiger partial charge in [-0.05, 0) is 61.2 Å². The maximum atomic E-state index is 12.6. The Morgan fingerprint density at radius 2 is 1.85 bits per heavy atom. The first kappa shape index (κ1) is 21.4. The molecule has 27 heavy (non-hydrogen) atoms. The first-order chi connectivity index (χ1) is 12.4. The van der Waals surface area contributed by atoms with E-state index in [2.05, 4.69) is 10.6 Å². The predicted molar refractivity (Wildman–Crippen MR) is 107 cm³/mol. The second kappa shape index (κ2) is 9.32. The van der Waals surface area contributed by atoms with Crippen molar-refractivity contribution in [2.24, 2.45) is 11.1 Å². The third-order valence-electron chi connectivity index (χ3n) is 4.64. The number of carbonyl (C=O) groups excluding carboxylic acids is 1. The van der Waals surface area contributed by atoms with Crippen molar-refractivity contribution in [3.8, 4) is 0 Å². The molecule has 0 aliphatic carbocycles. The number of benzene rings is 2. The summed E-state index contributed by atoms with van der Waals surface area (Å²) >= 11 is 0. The monoisotopic (exact) mass is 409 g/mol. The summed E-state index contributed by atoms with van der Waals surface area (Å²) in [6.45, 7) is 2.35. The van der Waals surface area contributed by atoms with Gasteiger partial charge in [-0.15, -0.1) is 12.4 Å². The second-order valence-electron chi connectivity index (χ2n) is 6.59. The highest BCUT2D eigenvalue weighted by Gasteiger charge is 2.18. The molecule has 1 fully saturated rings. The van der Waals surface area contributed by atoms with Crippen molar-refractivity contribution in [2.45, 2.75) is 24.3 Å². The Labute approximate surface area is 166 Å². The van der Waals surface area contributed by atoms with Gasteiger partial charge in [0.25, 0.3) is 5.91 Å². The molecule has 6 nitrogen and oxygen atoms in total. The average Bonchev–Trinajstić information content (AvgIpc) is 3.13. The molecule has 146 valence electrons. The summed E-state index contributed by atoms with van der Waals surface area (Å²) in [6.07, 6.45) is 2.02. The van der Waals surface area contributed by atoms with Crippen LogP contribution >= 0.6 is 12.4 Å². The molecule has 8 heteroatoms. The van der Waals surface area contributed by atoms with E-state index in [1.807, 2.05) is 24.3 Å². The van der Waals surface area contributed by atoms with E-state index in [1.165, 1.54) is 12.1 Å². The van der Waals surface area contributed by atoms with Crippen molar-refractivity contribution in [1.29, 1.82) is 0 Å². The fourth-order valence-electron chi connectivity index (χ4n) is 3.19. The molecule has 0 aromatic heterocycles. The van der Waals surface area contributed by atoms with E-state index in [0.29, 0.717) is 18.0 Å². The maximum absolute atomic E-state index is 12.6. The molecular weight excluding hydrogens is 386 g/mol. The fourth-order valence-corrected chi connectivity index (χ4v) is 3.71. The van der Waals surface area contributed by atoms with E-state index < -0.39 is 10.0 Å². The Kier molecular flexibility index (Phi) is 7.38. The molecule has 2 aromatic carbocycles. The quantitative estimate of drug-likeness (QED) is 0.677. The van der Waals surface area contributed by atoms with Crippen LogP contribution in [0, 0.1) is 5.92 Å². The minimum atomic E-state index is -3.70. The van der Waals surface area contributed by atoms with Crippen LogP contribution in [0.1, 0.15) is 27.9 Å². The Morgan fingerprint density at radius 1 is 1.15 bits per heavy atom. The van der Waals surface area contributed by atoms with Crippen LogP contribution in [0.25, 0.3) is 0 Å². The van der Waals surface area contributed by atoms with Gasteiger partial charge in [0.05, 0.1) is 4.90 Å². The van der Waals surface area contributed by atoms with Gasteiger partial charge in [0, 0.05) is 12.1 Å². The largest absolute Gasteiger partial charge is 0.348 e. The number of hydrogen-bond donors (Lipinski definition) is 3. The number of nitrogens with one attached hydrogen (secondary N) is 2. The Bertz CT molecular complexity index is 879. The van der Waals surface area contributed by atoms with Crippen molar-refractivity contribution >= 4 is 28.3 Å². The second-order valence-corrected chi connectivity index (χ2v) is 8.15. The van der Waals surface area contributed by atoms with E-state index in [1.54, 1.807) is 12.1 Å². The lowest BCUT2D eigenvalue weighted by Crippen LogP contribution is -2.24. The normalized spacial score (nSPS) is 16.6. The first-order valence-electron chi connectivity index (χ1n) is 8.62. The van der Waals surface area contributed by atoms with Gasteiger partial charge in [0.1, 0.15) is 0 Å². The van der Waals surface area contributed by atoms with Crippen molar-refractivity contribution < 1.29 is 13.2 Å². The molecule has 1 heterocycles. The lowest BCUT2D eigenvalue weighted by Gasteiger charge is -2.13. The van der Waals surface area contributed by atoms with Crippen LogP contribution < -0.4 is 15.8 Å². The predicted octanol–water partition coefficient (Wildman–Crippen LogP) is 1.84. The number of carbonyl (C=O) groups is 1. The molecule has 1 aliphatic rings. The van der Waals surface area contributed by atoms with Gasteiger partial charge in [-0.1, -0.05) is 30.3 Å². The van der Waals surface area contributed by atoms with Crippen LogP contribution in [-0.4, -0.2) is 27.4 Å². The van der Waals surface area contributed by atoms with Gasteiger partial charge >= 0.3 is 0 Å². The highest BCUT2D eigenvalue weighted by Crippen LogP contribution is 2.18. The molecule has 1 saturated heterocycles. The first-order valence-corrected chi connectivity index (χ1v) is 10.2.